The first kappa shape index (κ1) is 12.2. The Morgan fingerprint density at radius 3 is 2.39 bits per heavy atom. The topological polar surface area (TPSA) is 12.5 Å². The first-order valence-corrected chi connectivity index (χ1v) is 7.29. The first-order chi connectivity index (χ1) is 8.93. The molecule has 2 saturated heterocycles. The summed E-state index contributed by atoms with van der Waals surface area (Å²) in [4.78, 5) is 2.71. The lowest BCUT2D eigenvalue weighted by Gasteiger charge is -2.42. The number of hydrogen-bond acceptors (Lipinski definition) is 2. The molecular formula is C16H23NO. The van der Waals surface area contributed by atoms with E-state index in [-0.39, 0.29) is 0 Å². The average molecular weight is 245 g/mol. The second-order valence-corrected chi connectivity index (χ2v) is 5.65. The van der Waals surface area contributed by atoms with E-state index < -0.39 is 0 Å². The third-order valence-corrected chi connectivity index (χ3v) is 4.36. The van der Waals surface area contributed by atoms with Gasteiger partial charge in [-0.05, 0) is 37.9 Å². The Morgan fingerprint density at radius 1 is 1.06 bits per heavy atom. The maximum absolute atomic E-state index is 5.42. The second kappa shape index (κ2) is 5.85. The predicted molar refractivity (Wildman–Crippen MR) is 73.7 cm³/mol. The summed E-state index contributed by atoms with van der Waals surface area (Å²) in [6.07, 6.45) is 5.35. The van der Waals surface area contributed by atoms with Gasteiger partial charge in [-0.15, -0.1) is 0 Å². The molecule has 0 N–H and O–H groups in total. The molecule has 0 aromatic heterocycles. The van der Waals surface area contributed by atoms with Crippen LogP contribution in [0.1, 0.15) is 24.8 Å². The Hall–Kier alpha value is -0.860. The van der Waals surface area contributed by atoms with Crippen molar-refractivity contribution in [3.63, 3.8) is 0 Å². The quantitative estimate of drug-likeness (QED) is 0.808. The van der Waals surface area contributed by atoms with Crippen molar-refractivity contribution in [2.24, 2.45) is 5.92 Å². The van der Waals surface area contributed by atoms with Crippen LogP contribution in [0.2, 0.25) is 0 Å². The molecule has 2 nitrogen and oxygen atoms in total. The van der Waals surface area contributed by atoms with Gasteiger partial charge in [-0.1, -0.05) is 36.8 Å². The minimum absolute atomic E-state index is 0.696. The Kier molecular flexibility index (Phi) is 3.96. The molecule has 0 saturated carbocycles. The zero-order valence-corrected chi connectivity index (χ0v) is 11.1. The van der Waals surface area contributed by atoms with Gasteiger partial charge in [0.15, 0.2) is 0 Å². The zero-order chi connectivity index (χ0) is 12.2. The summed E-state index contributed by atoms with van der Waals surface area (Å²) in [5, 5.41) is 0. The highest BCUT2D eigenvalue weighted by molar-refractivity contribution is 5.16. The van der Waals surface area contributed by atoms with E-state index in [1.165, 1.54) is 44.3 Å². The maximum Gasteiger partial charge on any atom is 0.0531 e. The minimum Gasteiger partial charge on any atom is -0.381 e. The van der Waals surface area contributed by atoms with Crippen LogP contribution in [-0.4, -0.2) is 37.2 Å². The van der Waals surface area contributed by atoms with E-state index in [0.717, 1.165) is 19.1 Å². The van der Waals surface area contributed by atoms with Crippen molar-refractivity contribution in [3.05, 3.63) is 35.9 Å². The highest BCUT2D eigenvalue weighted by Crippen LogP contribution is 2.26. The summed E-state index contributed by atoms with van der Waals surface area (Å²) in [5.41, 5.74) is 1.47. The molecule has 2 fully saturated rings. The van der Waals surface area contributed by atoms with Crippen LogP contribution < -0.4 is 0 Å². The van der Waals surface area contributed by atoms with Gasteiger partial charge < -0.3 is 4.74 Å². The average Bonchev–Trinajstić information content (AvgIpc) is 2.38. The summed E-state index contributed by atoms with van der Waals surface area (Å²) in [6, 6.07) is 11.6. The van der Waals surface area contributed by atoms with Gasteiger partial charge >= 0.3 is 0 Å². The SMILES string of the molecule is c1ccc(CC(C2COC2)N2CCCCC2)cc1. The fraction of sp³-hybridized carbons (Fsp3) is 0.625. The fourth-order valence-corrected chi connectivity index (χ4v) is 3.18. The molecule has 2 aliphatic heterocycles. The maximum atomic E-state index is 5.42. The second-order valence-electron chi connectivity index (χ2n) is 5.65. The number of piperidine rings is 1. The molecule has 1 aromatic carbocycles. The van der Waals surface area contributed by atoms with E-state index in [4.69, 9.17) is 4.74 Å². The molecule has 0 bridgehead atoms. The van der Waals surface area contributed by atoms with Gasteiger partial charge in [0, 0.05) is 12.0 Å². The Labute approximate surface area is 110 Å². The number of rotatable bonds is 4. The molecule has 2 aliphatic rings. The fourth-order valence-electron chi connectivity index (χ4n) is 3.18. The predicted octanol–water partition coefficient (Wildman–Crippen LogP) is 2.73. The van der Waals surface area contributed by atoms with Gasteiger partial charge in [-0.25, -0.2) is 0 Å². The highest BCUT2D eigenvalue weighted by atomic mass is 16.5. The van der Waals surface area contributed by atoms with Crippen molar-refractivity contribution in [2.75, 3.05) is 26.3 Å². The third-order valence-electron chi connectivity index (χ3n) is 4.36. The highest BCUT2D eigenvalue weighted by Gasteiger charge is 2.33. The van der Waals surface area contributed by atoms with E-state index in [9.17, 15) is 0 Å². The minimum atomic E-state index is 0.696. The van der Waals surface area contributed by atoms with Crippen molar-refractivity contribution in [1.29, 1.82) is 0 Å². The van der Waals surface area contributed by atoms with Gasteiger partial charge in [0.25, 0.3) is 0 Å². The number of hydrogen-bond donors (Lipinski definition) is 0. The van der Waals surface area contributed by atoms with Crippen LogP contribution >= 0.6 is 0 Å². The van der Waals surface area contributed by atoms with Crippen molar-refractivity contribution >= 4 is 0 Å². The van der Waals surface area contributed by atoms with Crippen LogP contribution in [0, 0.1) is 5.92 Å². The summed E-state index contributed by atoms with van der Waals surface area (Å²) in [6.45, 7) is 4.50. The molecule has 98 valence electrons. The van der Waals surface area contributed by atoms with Crippen LogP contribution in [0.15, 0.2) is 30.3 Å². The number of benzene rings is 1. The van der Waals surface area contributed by atoms with Crippen LogP contribution in [0.4, 0.5) is 0 Å². The summed E-state index contributed by atoms with van der Waals surface area (Å²) in [5.74, 6) is 0.753. The Balaban J connectivity index is 1.68. The lowest BCUT2D eigenvalue weighted by atomic mass is 9.89. The molecule has 1 aromatic rings. The molecule has 2 heteroatoms. The van der Waals surface area contributed by atoms with Gasteiger partial charge in [0.2, 0.25) is 0 Å². The summed E-state index contributed by atoms with van der Waals surface area (Å²) < 4.78 is 5.42. The van der Waals surface area contributed by atoms with E-state index in [1.54, 1.807) is 0 Å². The molecule has 0 spiro atoms. The van der Waals surface area contributed by atoms with Crippen molar-refractivity contribution in [1.82, 2.24) is 4.90 Å². The van der Waals surface area contributed by atoms with Crippen LogP contribution in [0.5, 0.6) is 0 Å². The smallest absolute Gasteiger partial charge is 0.0531 e. The molecule has 1 atom stereocenters. The number of nitrogens with zero attached hydrogens (tertiary/aromatic N) is 1. The van der Waals surface area contributed by atoms with Crippen LogP contribution in [-0.2, 0) is 11.2 Å². The van der Waals surface area contributed by atoms with E-state index in [2.05, 4.69) is 35.2 Å². The zero-order valence-electron chi connectivity index (χ0n) is 11.1. The van der Waals surface area contributed by atoms with E-state index in [1.807, 2.05) is 0 Å². The molecule has 18 heavy (non-hydrogen) atoms. The normalized spacial score (nSPS) is 23.6. The Morgan fingerprint density at radius 2 is 1.78 bits per heavy atom. The lowest BCUT2D eigenvalue weighted by molar-refractivity contribution is -0.0772. The molecule has 2 heterocycles. The van der Waals surface area contributed by atoms with Gasteiger partial charge in [0.1, 0.15) is 0 Å². The summed E-state index contributed by atoms with van der Waals surface area (Å²) >= 11 is 0. The number of ether oxygens (including phenoxy) is 1. The van der Waals surface area contributed by atoms with Crippen molar-refractivity contribution in [3.8, 4) is 0 Å². The molecule has 0 radical (unpaired) electrons. The van der Waals surface area contributed by atoms with Crippen LogP contribution in [0.25, 0.3) is 0 Å². The molecule has 1 unspecified atom stereocenters. The van der Waals surface area contributed by atoms with Gasteiger partial charge in [-0.3, -0.25) is 4.90 Å². The van der Waals surface area contributed by atoms with Crippen molar-refractivity contribution in [2.45, 2.75) is 31.7 Å². The van der Waals surface area contributed by atoms with Gasteiger partial charge in [0.05, 0.1) is 13.2 Å². The largest absolute Gasteiger partial charge is 0.381 e. The standard InChI is InChI=1S/C16H23NO/c1-3-7-14(8-4-1)11-16(15-12-18-13-15)17-9-5-2-6-10-17/h1,3-4,7-8,15-16H,2,5-6,9-13H2. The van der Waals surface area contributed by atoms with Gasteiger partial charge in [-0.2, -0.15) is 0 Å². The summed E-state index contributed by atoms with van der Waals surface area (Å²) in [7, 11) is 0. The van der Waals surface area contributed by atoms with Crippen LogP contribution in [0.3, 0.4) is 0 Å². The molecule has 3 rings (SSSR count). The van der Waals surface area contributed by atoms with E-state index >= 15 is 0 Å². The van der Waals surface area contributed by atoms with Crippen molar-refractivity contribution < 1.29 is 4.74 Å². The Bertz CT molecular complexity index is 355. The molecule has 0 amide bonds. The third kappa shape index (κ3) is 2.76. The lowest BCUT2D eigenvalue weighted by Crippen LogP contribution is -2.51. The molecular weight excluding hydrogens is 222 g/mol. The molecule has 0 aliphatic carbocycles. The first-order valence-electron chi connectivity index (χ1n) is 7.29. The number of likely N-dealkylation sites (tertiary alicyclic amines) is 1. The van der Waals surface area contributed by atoms with E-state index in [0.29, 0.717) is 6.04 Å². The monoisotopic (exact) mass is 245 g/mol.